The standard InChI is InChI=1S/C18H16N4O2S2/c1-18(2,25)10-22(15-8-7-14-16(21-15)26-11-20-14)17(23)24-13-5-3-12(9-19)4-6-13/h3-8,11,25H,10H2,1-2H3. The number of carbonyl (C=O) groups is 1. The van der Waals surface area contributed by atoms with Gasteiger partial charge in [-0.15, -0.1) is 11.3 Å². The first-order valence-corrected chi connectivity index (χ1v) is 9.10. The third kappa shape index (κ3) is 4.31. The number of hydrogen-bond donors (Lipinski definition) is 1. The van der Waals surface area contributed by atoms with Crippen molar-refractivity contribution in [1.82, 2.24) is 9.97 Å². The minimum absolute atomic E-state index is 0.308. The molecule has 26 heavy (non-hydrogen) atoms. The van der Waals surface area contributed by atoms with Gasteiger partial charge >= 0.3 is 6.09 Å². The molecule has 0 saturated carbocycles. The maximum absolute atomic E-state index is 12.8. The van der Waals surface area contributed by atoms with Crippen molar-refractivity contribution in [3.05, 3.63) is 47.5 Å². The molecule has 2 aromatic heterocycles. The average Bonchev–Trinajstić information content (AvgIpc) is 3.07. The molecule has 1 amide bonds. The van der Waals surface area contributed by atoms with Crippen molar-refractivity contribution in [1.29, 1.82) is 5.26 Å². The van der Waals surface area contributed by atoms with Crippen LogP contribution in [0.2, 0.25) is 0 Å². The van der Waals surface area contributed by atoms with Crippen LogP contribution in [0.25, 0.3) is 10.3 Å². The summed E-state index contributed by atoms with van der Waals surface area (Å²) in [6.45, 7) is 4.12. The Morgan fingerprint density at radius 1 is 1.31 bits per heavy atom. The van der Waals surface area contributed by atoms with Gasteiger partial charge in [-0.1, -0.05) is 0 Å². The number of anilines is 1. The van der Waals surface area contributed by atoms with E-state index in [0.717, 1.165) is 10.3 Å². The summed E-state index contributed by atoms with van der Waals surface area (Å²) in [5, 5.41) is 8.86. The van der Waals surface area contributed by atoms with E-state index < -0.39 is 10.8 Å². The third-order valence-electron chi connectivity index (χ3n) is 3.41. The van der Waals surface area contributed by atoms with Gasteiger partial charge in [-0.3, -0.25) is 4.90 Å². The summed E-state index contributed by atoms with van der Waals surface area (Å²) in [4.78, 5) is 23.7. The lowest BCUT2D eigenvalue weighted by molar-refractivity contribution is 0.207. The summed E-state index contributed by atoms with van der Waals surface area (Å²) in [6, 6.07) is 11.9. The van der Waals surface area contributed by atoms with E-state index in [1.165, 1.54) is 16.2 Å². The highest BCUT2D eigenvalue weighted by atomic mass is 32.1. The number of amides is 1. The predicted octanol–water partition coefficient (Wildman–Crippen LogP) is 4.28. The monoisotopic (exact) mass is 384 g/mol. The Morgan fingerprint density at radius 2 is 2.04 bits per heavy atom. The molecule has 132 valence electrons. The molecule has 3 rings (SSSR count). The summed E-state index contributed by atoms with van der Waals surface area (Å²) in [6.07, 6.45) is -0.562. The number of ether oxygens (including phenoxy) is 1. The van der Waals surface area contributed by atoms with E-state index in [1.807, 2.05) is 26.0 Å². The molecule has 2 heterocycles. The van der Waals surface area contributed by atoms with Gasteiger partial charge in [0.2, 0.25) is 0 Å². The van der Waals surface area contributed by atoms with Crippen LogP contribution in [0.1, 0.15) is 19.4 Å². The second-order valence-corrected chi connectivity index (χ2v) is 8.29. The molecule has 0 spiro atoms. The fourth-order valence-corrected chi connectivity index (χ4v) is 3.07. The van der Waals surface area contributed by atoms with Crippen LogP contribution in [0.4, 0.5) is 10.6 Å². The number of thiol groups is 1. The molecule has 0 bridgehead atoms. The zero-order valence-electron chi connectivity index (χ0n) is 14.2. The molecule has 8 heteroatoms. The fourth-order valence-electron chi connectivity index (χ4n) is 2.27. The van der Waals surface area contributed by atoms with Crippen LogP contribution in [0.15, 0.2) is 41.9 Å². The first-order chi connectivity index (χ1) is 12.4. The summed E-state index contributed by atoms with van der Waals surface area (Å²) in [5.41, 5.74) is 2.99. The third-order valence-corrected chi connectivity index (χ3v) is 4.29. The minimum Gasteiger partial charge on any atom is -0.410 e. The smallest absolute Gasteiger partial charge is 0.410 e. The number of aromatic nitrogens is 2. The molecule has 0 aliphatic heterocycles. The van der Waals surface area contributed by atoms with Crippen molar-refractivity contribution in [2.75, 3.05) is 11.4 Å². The second kappa shape index (κ2) is 7.32. The number of nitrogens with zero attached hydrogens (tertiary/aromatic N) is 4. The average molecular weight is 384 g/mol. The maximum atomic E-state index is 12.8. The van der Waals surface area contributed by atoms with Gasteiger partial charge in [0.25, 0.3) is 0 Å². The van der Waals surface area contributed by atoms with E-state index in [-0.39, 0.29) is 0 Å². The molecule has 6 nitrogen and oxygen atoms in total. The molecule has 0 radical (unpaired) electrons. The first kappa shape index (κ1) is 18.2. The van der Waals surface area contributed by atoms with E-state index >= 15 is 0 Å². The number of hydrogen-bond acceptors (Lipinski definition) is 7. The summed E-state index contributed by atoms with van der Waals surface area (Å²) < 4.78 is 5.01. The molecule has 0 aliphatic rings. The summed E-state index contributed by atoms with van der Waals surface area (Å²) in [7, 11) is 0. The number of benzene rings is 1. The van der Waals surface area contributed by atoms with Gasteiger partial charge in [0.15, 0.2) is 0 Å². The highest BCUT2D eigenvalue weighted by Gasteiger charge is 2.26. The highest BCUT2D eigenvalue weighted by molar-refractivity contribution is 7.81. The largest absolute Gasteiger partial charge is 0.420 e. The Hall–Kier alpha value is -2.63. The molecule has 1 aromatic carbocycles. The quantitative estimate of drug-likeness (QED) is 0.679. The Labute approximate surface area is 160 Å². The van der Waals surface area contributed by atoms with Gasteiger partial charge in [0, 0.05) is 11.3 Å². The van der Waals surface area contributed by atoms with Gasteiger partial charge < -0.3 is 4.74 Å². The Balaban J connectivity index is 1.89. The predicted molar refractivity (Wildman–Crippen MR) is 105 cm³/mol. The van der Waals surface area contributed by atoms with Crippen LogP contribution in [-0.4, -0.2) is 27.4 Å². The second-order valence-electron chi connectivity index (χ2n) is 6.25. The number of carbonyl (C=O) groups excluding carboxylic acids is 1. The summed E-state index contributed by atoms with van der Waals surface area (Å²) >= 11 is 5.94. The van der Waals surface area contributed by atoms with Crippen molar-refractivity contribution in [2.24, 2.45) is 0 Å². The molecule has 0 N–H and O–H groups in total. The van der Waals surface area contributed by atoms with Crippen LogP contribution in [0.3, 0.4) is 0 Å². The minimum atomic E-state index is -0.562. The van der Waals surface area contributed by atoms with Gasteiger partial charge in [-0.05, 0) is 50.2 Å². The van der Waals surface area contributed by atoms with Gasteiger partial charge in [0.05, 0.1) is 17.1 Å². The summed E-state index contributed by atoms with van der Waals surface area (Å²) in [5.74, 6) is 0.831. The van der Waals surface area contributed by atoms with E-state index in [1.54, 1.807) is 35.8 Å². The Kier molecular flexibility index (Phi) is 5.11. The normalized spacial score (nSPS) is 11.2. The number of pyridine rings is 1. The lowest BCUT2D eigenvalue weighted by atomic mass is 10.2. The molecule has 3 aromatic rings. The van der Waals surface area contributed by atoms with Crippen molar-refractivity contribution >= 4 is 46.2 Å². The zero-order valence-corrected chi connectivity index (χ0v) is 15.9. The SMILES string of the molecule is CC(C)(S)CN(C(=O)Oc1ccc(C#N)cc1)c1ccc2ncsc2n1. The van der Waals surface area contributed by atoms with Crippen LogP contribution in [0.5, 0.6) is 5.75 Å². The van der Waals surface area contributed by atoms with Crippen LogP contribution < -0.4 is 9.64 Å². The van der Waals surface area contributed by atoms with Crippen LogP contribution in [-0.2, 0) is 0 Å². The first-order valence-electron chi connectivity index (χ1n) is 7.78. The topological polar surface area (TPSA) is 79.1 Å². The molecule has 0 aliphatic carbocycles. The lowest BCUT2D eigenvalue weighted by Crippen LogP contribution is -2.42. The van der Waals surface area contributed by atoms with E-state index in [9.17, 15) is 4.79 Å². The number of thiazole rings is 1. The van der Waals surface area contributed by atoms with Crippen molar-refractivity contribution in [2.45, 2.75) is 18.6 Å². The van der Waals surface area contributed by atoms with E-state index in [4.69, 9.17) is 10.00 Å². The molecule has 0 unspecified atom stereocenters. The van der Waals surface area contributed by atoms with Crippen LogP contribution >= 0.6 is 24.0 Å². The van der Waals surface area contributed by atoms with Gasteiger partial charge in [-0.2, -0.15) is 17.9 Å². The Morgan fingerprint density at radius 3 is 2.69 bits per heavy atom. The van der Waals surface area contributed by atoms with Crippen molar-refractivity contribution in [3.8, 4) is 11.8 Å². The molecule has 0 atom stereocenters. The number of fused-ring (bicyclic) bond motifs is 1. The van der Waals surface area contributed by atoms with Crippen molar-refractivity contribution in [3.63, 3.8) is 0 Å². The number of rotatable bonds is 4. The zero-order chi connectivity index (χ0) is 18.7. The highest BCUT2D eigenvalue weighted by Crippen LogP contribution is 2.25. The molecular weight excluding hydrogens is 368 g/mol. The molecule has 0 saturated heterocycles. The van der Waals surface area contributed by atoms with E-state index in [2.05, 4.69) is 22.6 Å². The van der Waals surface area contributed by atoms with Gasteiger partial charge in [-0.25, -0.2) is 14.8 Å². The Bertz CT molecular complexity index is 971. The van der Waals surface area contributed by atoms with E-state index in [0.29, 0.717) is 23.7 Å². The fraction of sp³-hybridized carbons (Fsp3) is 0.222. The molecular formula is C18H16N4O2S2. The lowest BCUT2D eigenvalue weighted by Gasteiger charge is -2.27. The van der Waals surface area contributed by atoms with Crippen LogP contribution in [0, 0.1) is 11.3 Å². The van der Waals surface area contributed by atoms with Gasteiger partial charge in [0.1, 0.15) is 21.9 Å². The number of nitriles is 1. The van der Waals surface area contributed by atoms with Crippen molar-refractivity contribution < 1.29 is 9.53 Å². The maximum Gasteiger partial charge on any atom is 0.420 e. The molecule has 0 fully saturated rings.